The number of hydrogen-bond acceptors (Lipinski definition) is 2. The van der Waals surface area contributed by atoms with Crippen LogP contribution in [0, 0.1) is 0 Å². The molecule has 11 rings (SSSR count). The molecule has 3 heteroatoms. The highest BCUT2D eigenvalue weighted by Gasteiger charge is 2.18. The summed E-state index contributed by atoms with van der Waals surface area (Å²) in [5.41, 5.74) is 13.2. The quantitative estimate of drug-likeness (QED) is 0.172. The lowest BCUT2D eigenvalue weighted by Gasteiger charge is -2.27. The smallest absolute Gasteiger partial charge is 0.136 e. The minimum atomic E-state index is 0.900. The number of nitrogens with zero attached hydrogens (tertiary/aromatic N) is 2. The summed E-state index contributed by atoms with van der Waals surface area (Å²) in [5.74, 6) is 0. The minimum Gasteiger partial charge on any atom is -0.456 e. The van der Waals surface area contributed by atoms with E-state index in [4.69, 9.17) is 4.42 Å². The second kappa shape index (κ2) is 12.6. The molecule has 3 nitrogen and oxygen atoms in total. The van der Waals surface area contributed by atoms with Gasteiger partial charge in [0.15, 0.2) is 0 Å². The van der Waals surface area contributed by atoms with Gasteiger partial charge in [-0.15, -0.1) is 0 Å². The molecule has 0 atom stereocenters. The Balaban J connectivity index is 1.06. The number of aromatic nitrogens is 1. The maximum absolute atomic E-state index is 6.25. The van der Waals surface area contributed by atoms with Crippen molar-refractivity contribution in [1.29, 1.82) is 0 Å². The fraction of sp³-hybridized carbons (Fsp3) is 0. The summed E-state index contributed by atoms with van der Waals surface area (Å²) in [6.45, 7) is 0. The first kappa shape index (κ1) is 31.2. The second-order valence-electron chi connectivity index (χ2n) is 14.2. The van der Waals surface area contributed by atoms with Gasteiger partial charge in [0, 0.05) is 44.3 Å². The topological polar surface area (TPSA) is 21.3 Å². The third-order valence-electron chi connectivity index (χ3n) is 11.0. The van der Waals surface area contributed by atoms with E-state index in [0.29, 0.717) is 0 Å². The monoisotopic (exact) mass is 702 g/mol. The molecule has 2 aromatic heterocycles. The van der Waals surface area contributed by atoms with Crippen molar-refractivity contribution in [3.05, 3.63) is 206 Å². The molecule has 0 radical (unpaired) electrons. The molecule has 0 fully saturated rings. The molecular formula is C52H34N2O. The van der Waals surface area contributed by atoms with Crippen LogP contribution in [-0.2, 0) is 0 Å². The molecule has 55 heavy (non-hydrogen) atoms. The summed E-state index contributed by atoms with van der Waals surface area (Å²) in [6, 6.07) is 74.1. The van der Waals surface area contributed by atoms with Crippen molar-refractivity contribution in [1.82, 2.24) is 4.57 Å². The normalized spacial score (nSPS) is 11.6. The molecule has 0 amide bonds. The standard InChI is InChI=1S/C52H34N2O/c1-2-18-43-36(12-1)13-10-22-44(43)38-14-9-15-40(32-38)53(39-29-26-35(27-30-39)37-28-31-48-47-21-5-8-25-51(47)55-52(48)33-37)41-16-11-17-42(34-41)54-49-23-6-3-19-45(49)46-20-4-7-24-50(46)54/h1-34H. The Kier molecular flexibility index (Phi) is 7.17. The van der Waals surface area contributed by atoms with Crippen LogP contribution < -0.4 is 4.90 Å². The van der Waals surface area contributed by atoms with E-state index in [9.17, 15) is 0 Å². The summed E-state index contributed by atoms with van der Waals surface area (Å²) >= 11 is 0. The van der Waals surface area contributed by atoms with Crippen LogP contribution in [0.1, 0.15) is 0 Å². The van der Waals surface area contributed by atoms with Crippen LogP contribution in [0.4, 0.5) is 17.1 Å². The number of anilines is 3. The van der Waals surface area contributed by atoms with Gasteiger partial charge in [-0.25, -0.2) is 0 Å². The Morgan fingerprint density at radius 3 is 1.75 bits per heavy atom. The first-order valence-electron chi connectivity index (χ1n) is 18.8. The summed E-state index contributed by atoms with van der Waals surface area (Å²) < 4.78 is 8.64. The van der Waals surface area contributed by atoms with E-state index in [0.717, 1.165) is 55.8 Å². The third kappa shape index (κ3) is 5.20. The number of furan rings is 1. The van der Waals surface area contributed by atoms with Crippen LogP contribution in [0.2, 0.25) is 0 Å². The van der Waals surface area contributed by atoms with E-state index >= 15 is 0 Å². The number of hydrogen-bond donors (Lipinski definition) is 0. The van der Waals surface area contributed by atoms with Gasteiger partial charge in [0.05, 0.1) is 11.0 Å². The van der Waals surface area contributed by atoms with Crippen LogP contribution in [-0.4, -0.2) is 4.57 Å². The van der Waals surface area contributed by atoms with Crippen molar-refractivity contribution in [3.63, 3.8) is 0 Å². The highest BCUT2D eigenvalue weighted by molar-refractivity contribution is 6.09. The first-order valence-corrected chi connectivity index (χ1v) is 18.8. The first-order chi connectivity index (χ1) is 27.3. The van der Waals surface area contributed by atoms with Crippen molar-refractivity contribution in [2.75, 3.05) is 4.90 Å². The highest BCUT2D eigenvalue weighted by atomic mass is 16.3. The molecule has 0 aliphatic carbocycles. The van der Waals surface area contributed by atoms with Crippen LogP contribution in [0.5, 0.6) is 0 Å². The fourth-order valence-electron chi connectivity index (χ4n) is 8.42. The van der Waals surface area contributed by atoms with Gasteiger partial charge in [-0.1, -0.05) is 133 Å². The van der Waals surface area contributed by atoms with Crippen molar-refractivity contribution >= 4 is 71.6 Å². The zero-order valence-corrected chi connectivity index (χ0v) is 29.9. The average molecular weight is 703 g/mol. The Hall–Kier alpha value is -7.36. The maximum Gasteiger partial charge on any atom is 0.136 e. The van der Waals surface area contributed by atoms with Gasteiger partial charge in [-0.2, -0.15) is 0 Å². The molecule has 0 aliphatic heterocycles. The number of benzene rings is 9. The van der Waals surface area contributed by atoms with Crippen LogP contribution in [0.25, 0.3) is 82.5 Å². The zero-order chi connectivity index (χ0) is 36.3. The SMILES string of the molecule is c1cc(-c2cccc3ccccc23)cc(N(c2ccc(-c3ccc4c(c3)oc3ccccc34)cc2)c2cccc(-n3c4ccccc4c4ccccc43)c2)c1. The molecule has 258 valence electrons. The number of para-hydroxylation sites is 3. The molecule has 2 heterocycles. The Morgan fingerprint density at radius 2 is 0.945 bits per heavy atom. The summed E-state index contributed by atoms with van der Waals surface area (Å²) in [7, 11) is 0. The van der Waals surface area contributed by atoms with Gasteiger partial charge < -0.3 is 13.9 Å². The van der Waals surface area contributed by atoms with Gasteiger partial charge in [0.25, 0.3) is 0 Å². The lowest BCUT2D eigenvalue weighted by molar-refractivity contribution is 0.669. The van der Waals surface area contributed by atoms with E-state index in [-0.39, 0.29) is 0 Å². The molecule has 0 bridgehead atoms. The van der Waals surface area contributed by atoms with Gasteiger partial charge >= 0.3 is 0 Å². The lowest BCUT2D eigenvalue weighted by atomic mass is 9.97. The molecule has 0 aliphatic rings. The van der Waals surface area contributed by atoms with E-state index in [1.807, 2.05) is 12.1 Å². The molecule has 0 unspecified atom stereocenters. The van der Waals surface area contributed by atoms with Gasteiger partial charge in [0.2, 0.25) is 0 Å². The predicted molar refractivity (Wildman–Crippen MR) is 231 cm³/mol. The number of rotatable bonds is 6. The summed E-state index contributed by atoms with van der Waals surface area (Å²) in [6.07, 6.45) is 0. The van der Waals surface area contributed by atoms with E-state index in [1.54, 1.807) is 0 Å². The molecule has 0 spiro atoms. The van der Waals surface area contributed by atoms with Crippen molar-refractivity contribution in [2.45, 2.75) is 0 Å². The van der Waals surface area contributed by atoms with Crippen molar-refractivity contribution in [3.8, 4) is 27.9 Å². The van der Waals surface area contributed by atoms with Crippen LogP contribution >= 0.6 is 0 Å². The Morgan fingerprint density at radius 1 is 0.345 bits per heavy atom. The van der Waals surface area contributed by atoms with Gasteiger partial charge in [-0.3, -0.25) is 0 Å². The molecule has 11 aromatic rings. The van der Waals surface area contributed by atoms with Crippen molar-refractivity contribution < 1.29 is 4.42 Å². The summed E-state index contributed by atoms with van der Waals surface area (Å²) in [4.78, 5) is 2.37. The largest absolute Gasteiger partial charge is 0.456 e. The van der Waals surface area contributed by atoms with Crippen LogP contribution in [0.15, 0.2) is 211 Å². The van der Waals surface area contributed by atoms with Crippen LogP contribution in [0.3, 0.4) is 0 Å². The Bertz CT molecular complexity index is 3160. The lowest BCUT2D eigenvalue weighted by Crippen LogP contribution is -2.10. The Labute approximate surface area is 318 Å². The van der Waals surface area contributed by atoms with E-state index < -0.39 is 0 Å². The minimum absolute atomic E-state index is 0.900. The summed E-state index contributed by atoms with van der Waals surface area (Å²) in [5, 5.41) is 7.25. The van der Waals surface area contributed by atoms with Crippen molar-refractivity contribution in [2.24, 2.45) is 0 Å². The van der Waals surface area contributed by atoms with Gasteiger partial charge in [0.1, 0.15) is 11.2 Å². The second-order valence-corrected chi connectivity index (χ2v) is 14.2. The van der Waals surface area contributed by atoms with Gasteiger partial charge in [-0.05, 0) is 106 Å². The van der Waals surface area contributed by atoms with E-state index in [1.165, 1.54) is 43.7 Å². The molecular weight excluding hydrogens is 669 g/mol. The average Bonchev–Trinajstić information content (AvgIpc) is 3.80. The molecule has 0 saturated heterocycles. The molecule has 9 aromatic carbocycles. The number of fused-ring (bicyclic) bond motifs is 7. The fourth-order valence-corrected chi connectivity index (χ4v) is 8.42. The predicted octanol–water partition coefficient (Wildman–Crippen LogP) is 14.6. The maximum atomic E-state index is 6.25. The third-order valence-corrected chi connectivity index (χ3v) is 11.0. The molecule has 0 N–H and O–H groups in total. The van der Waals surface area contributed by atoms with E-state index in [2.05, 4.69) is 204 Å². The zero-order valence-electron chi connectivity index (χ0n) is 29.9. The highest BCUT2D eigenvalue weighted by Crippen LogP contribution is 2.41. The molecule has 0 saturated carbocycles.